The number of hydrogen-bond acceptors (Lipinski definition) is 7. The van der Waals surface area contributed by atoms with Gasteiger partial charge in [0.25, 0.3) is 0 Å². The fourth-order valence-electron chi connectivity index (χ4n) is 3.86. The quantitative estimate of drug-likeness (QED) is 0.514. The van der Waals surface area contributed by atoms with Gasteiger partial charge in [-0.25, -0.2) is 0 Å². The molecule has 2 heterocycles. The van der Waals surface area contributed by atoms with E-state index in [2.05, 4.69) is 50.0 Å². The number of nitrogens with zero attached hydrogens (tertiary/aromatic N) is 5. The van der Waals surface area contributed by atoms with Crippen LogP contribution in [0.4, 0.5) is 0 Å². The topological polar surface area (TPSA) is 84.9 Å². The minimum absolute atomic E-state index is 0.155. The predicted octanol–water partition coefficient (Wildman–Crippen LogP) is 3.87. The standard InChI is InChI=1S/C26H34N6O/c1-6-19-14-24(30-31-26(15-19)32-12-10-29-11-13-32)22-9-8-21(17-25(22)33)20(7-2)16-23(28-5)18(3)27-4/h7-9,14,16-17,29,33H,2,6,10-13,15H2,1,3-5H3/b20-16+,27-18?,28-23?. The summed E-state index contributed by atoms with van der Waals surface area (Å²) >= 11 is 0. The van der Waals surface area contributed by atoms with Crippen molar-refractivity contribution in [2.24, 2.45) is 20.2 Å². The number of hydrogen-bond donors (Lipinski definition) is 2. The Morgan fingerprint density at radius 2 is 1.97 bits per heavy atom. The van der Waals surface area contributed by atoms with Gasteiger partial charge in [0.15, 0.2) is 0 Å². The first kappa shape index (κ1) is 24.3. The largest absolute Gasteiger partial charge is 0.507 e. The van der Waals surface area contributed by atoms with Crippen LogP contribution in [0, 0.1) is 0 Å². The highest BCUT2D eigenvalue weighted by molar-refractivity contribution is 6.46. The summed E-state index contributed by atoms with van der Waals surface area (Å²) in [5.41, 5.74) is 5.89. The second kappa shape index (κ2) is 11.5. The van der Waals surface area contributed by atoms with Gasteiger partial charge in [0.1, 0.15) is 11.6 Å². The Hall–Kier alpha value is -3.32. The molecule has 1 saturated heterocycles. The smallest absolute Gasteiger partial charge is 0.131 e. The molecule has 0 aliphatic carbocycles. The summed E-state index contributed by atoms with van der Waals surface area (Å²) in [6.45, 7) is 11.8. The van der Waals surface area contributed by atoms with E-state index in [1.54, 1.807) is 26.2 Å². The molecule has 0 aromatic heterocycles. The third kappa shape index (κ3) is 5.93. The molecule has 3 rings (SSSR count). The van der Waals surface area contributed by atoms with Crippen LogP contribution in [-0.4, -0.2) is 73.3 Å². The van der Waals surface area contributed by atoms with Crippen LogP contribution in [-0.2, 0) is 0 Å². The number of benzene rings is 1. The molecule has 2 aliphatic heterocycles. The lowest BCUT2D eigenvalue weighted by atomic mass is 9.97. The minimum atomic E-state index is 0.155. The number of phenolic OH excluding ortho intramolecular Hbond substituents is 1. The van der Waals surface area contributed by atoms with Gasteiger partial charge in [-0.3, -0.25) is 9.98 Å². The Balaban J connectivity index is 1.96. The molecule has 0 amide bonds. The molecule has 2 aliphatic rings. The van der Waals surface area contributed by atoms with Gasteiger partial charge in [0, 0.05) is 52.3 Å². The Bertz CT molecular complexity index is 1070. The first-order chi connectivity index (χ1) is 16.0. The Labute approximate surface area is 196 Å². The molecule has 7 heteroatoms. The van der Waals surface area contributed by atoms with Crippen LogP contribution >= 0.6 is 0 Å². The lowest BCUT2D eigenvalue weighted by Crippen LogP contribution is -2.46. The summed E-state index contributed by atoms with van der Waals surface area (Å²) in [7, 11) is 3.48. The highest BCUT2D eigenvalue weighted by Crippen LogP contribution is 2.27. The second-order valence-corrected chi connectivity index (χ2v) is 8.03. The number of phenols is 1. The van der Waals surface area contributed by atoms with E-state index < -0.39 is 0 Å². The van der Waals surface area contributed by atoms with E-state index in [1.807, 2.05) is 25.1 Å². The van der Waals surface area contributed by atoms with E-state index in [0.717, 1.165) is 67.4 Å². The first-order valence-corrected chi connectivity index (χ1v) is 11.4. The predicted molar refractivity (Wildman–Crippen MR) is 140 cm³/mol. The van der Waals surface area contributed by atoms with Gasteiger partial charge in [-0.15, -0.1) is 10.2 Å². The maximum absolute atomic E-state index is 10.9. The lowest BCUT2D eigenvalue weighted by molar-refractivity contribution is 0.352. The third-order valence-electron chi connectivity index (χ3n) is 6.00. The lowest BCUT2D eigenvalue weighted by Gasteiger charge is -2.29. The van der Waals surface area contributed by atoms with Crippen molar-refractivity contribution < 1.29 is 5.11 Å². The fourth-order valence-corrected chi connectivity index (χ4v) is 3.86. The Morgan fingerprint density at radius 3 is 2.58 bits per heavy atom. The monoisotopic (exact) mass is 446 g/mol. The zero-order chi connectivity index (χ0) is 23.8. The SMILES string of the molecule is C=C/C(=C\C(=NC)C(C)=NC)c1ccc(C2=NN=C(N3CCNCC3)CC(CC)=C2)c(O)c1. The van der Waals surface area contributed by atoms with Crippen LogP contribution in [0.3, 0.4) is 0 Å². The summed E-state index contributed by atoms with van der Waals surface area (Å²) in [6, 6.07) is 5.59. The summed E-state index contributed by atoms with van der Waals surface area (Å²) < 4.78 is 0. The van der Waals surface area contributed by atoms with Gasteiger partial charge in [0.05, 0.1) is 17.1 Å². The molecule has 2 N–H and O–H groups in total. The van der Waals surface area contributed by atoms with E-state index in [-0.39, 0.29) is 5.75 Å². The highest BCUT2D eigenvalue weighted by Gasteiger charge is 2.19. The first-order valence-electron chi connectivity index (χ1n) is 11.4. The number of aromatic hydroxyl groups is 1. The Kier molecular flexibility index (Phi) is 8.49. The highest BCUT2D eigenvalue weighted by atomic mass is 16.3. The van der Waals surface area contributed by atoms with E-state index >= 15 is 0 Å². The van der Waals surface area contributed by atoms with Crippen LogP contribution in [0.1, 0.15) is 37.8 Å². The van der Waals surface area contributed by atoms with Crippen LogP contribution in [0.25, 0.3) is 5.57 Å². The fraction of sp³-hybridized carbons (Fsp3) is 0.385. The van der Waals surface area contributed by atoms with Crippen molar-refractivity contribution in [1.29, 1.82) is 0 Å². The summed E-state index contributed by atoms with van der Waals surface area (Å²) in [6.07, 6.45) is 7.42. The van der Waals surface area contributed by atoms with Crippen molar-refractivity contribution in [3.8, 4) is 5.75 Å². The molecular weight excluding hydrogens is 412 g/mol. The van der Waals surface area contributed by atoms with Crippen LogP contribution < -0.4 is 5.32 Å². The molecule has 1 fully saturated rings. The van der Waals surface area contributed by atoms with Crippen molar-refractivity contribution in [2.75, 3.05) is 40.3 Å². The number of piperazine rings is 1. The zero-order valence-electron chi connectivity index (χ0n) is 20.1. The van der Waals surface area contributed by atoms with Crippen LogP contribution in [0.5, 0.6) is 5.75 Å². The molecule has 0 bridgehead atoms. The van der Waals surface area contributed by atoms with E-state index in [1.165, 1.54) is 5.57 Å². The summed E-state index contributed by atoms with van der Waals surface area (Å²) in [4.78, 5) is 10.8. The maximum atomic E-state index is 10.9. The summed E-state index contributed by atoms with van der Waals surface area (Å²) in [5, 5.41) is 23.4. The second-order valence-electron chi connectivity index (χ2n) is 8.03. The van der Waals surface area contributed by atoms with Crippen molar-refractivity contribution in [1.82, 2.24) is 10.2 Å². The normalized spacial score (nSPS) is 18.4. The van der Waals surface area contributed by atoms with E-state index in [9.17, 15) is 5.11 Å². The van der Waals surface area contributed by atoms with Gasteiger partial charge in [0.2, 0.25) is 0 Å². The third-order valence-corrected chi connectivity index (χ3v) is 6.00. The number of aliphatic imine (C=N–C) groups is 2. The molecule has 7 nitrogen and oxygen atoms in total. The number of rotatable bonds is 6. The van der Waals surface area contributed by atoms with Crippen molar-refractivity contribution >= 4 is 28.5 Å². The van der Waals surface area contributed by atoms with Gasteiger partial charge in [-0.2, -0.15) is 0 Å². The number of nitrogens with one attached hydrogen (secondary N) is 1. The van der Waals surface area contributed by atoms with Crippen LogP contribution in [0.15, 0.2) is 68.8 Å². The zero-order valence-corrected chi connectivity index (χ0v) is 20.1. The van der Waals surface area contributed by atoms with E-state index in [4.69, 9.17) is 0 Å². The van der Waals surface area contributed by atoms with Gasteiger partial charge < -0.3 is 15.3 Å². The average molecular weight is 447 g/mol. The molecule has 0 saturated carbocycles. The molecular formula is C26H34N6O. The molecule has 1 aromatic rings. The molecule has 33 heavy (non-hydrogen) atoms. The van der Waals surface area contributed by atoms with Crippen molar-refractivity contribution in [2.45, 2.75) is 26.7 Å². The summed E-state index contributed by atoms with van der Waals surface area (Å²) in [5.74, 6) is 1.15. The number of amidine groups is 1. The van der Waals surface area contributed by atoms with Crippen LogP contribution in [0.2, 0.25) is 0 Å². The maximum Gasteiger partial charge on any atom is 0.131 e. The van der Waals surface area contributed by atoms with E-state index in [0.29, 0.717) is 11.3 Å². The molecule has 0 radical (unpaired) electrons. The minimum Gasteiger partial charge on any atom is -0.507 e. The molecule has 1 aromatic carbocycles. The van der Waals surface area contributed by atoms with Crippen molar-refractivity contribution in [3.63, 3.8) is 0 Å². The molecule has 0 spiro atoms. The molecule has 174 valence electrons. The van der Waals surface area contributed by atoms with Gasteiger partial charge >= 0.3 is 0 Å². The number of allylic oxidation sites excluding steroid dienone is 4. The Morgan fingerprint density at radius 1 is 1.21 bits per heavy atom. The van der Waals surface area contributed by atoms with Gasteiger partial charge in [-0.1, -0.05) is 31.2 Å². The van der Waals surface area contributed by atoms with Gasteiger partial charge in [-0.05, 0) is 48.8 Å². The molecule has 0 unspecified atom stereocenters. The molecule has 0 atom stereocenters. The average Bonchev–Trinajstić information content (AvgIpc) is 3.07. The van der Waals surface area contributed by atoms with Crippen molar-refractivity contribution in [3.05, 3.63) is 59.7 Å².